The molecule has 1 aliphatic rings. The van der Waals surface area contributed by atoms with E-state index < -0.39 is 0 Å². The Kier molecular flexibility index (Phi) is 4.31. The van der Waals surface area contributed by atoms with Crippen molar-refractivity contribution in [2.75, 3.05) is 18.5 Å². The van der Waals surface area contributed by atoms with Crippen LogP contribution in [-0.2, 0) is 6.42 Å². The summed E-state index contributed by atoms with van der Waals surface area (Å²) in [5.74, 6) is 0. The molecule has 0 saturated carbocycles. The Morgan fingerprint density at radius 3 is 2.96 bits per heavy atom. The SMILES string of the molecule is Cc1cc(NC(=O)N2CCc3ccccc3C2CO)c2ncccc2c1. The molecule has 1 aliphatic heterocycles. The second-order valence-electron chi connectivity index (χ2n) is 6.66. The van der Waals surface area contributed by atoms with Gasteiger partial charge in [-0.3, -0.25) is 4.98 Å². The summed E-state index contributed by atoms with van der Waals surface area (Å²) >= 11 is 0. The number of pyridine rings is 1. The number of anilines is 1. The summed E-state index contributed by atoms with van der Waals surface area (Å²) in [6, 6.07) is 15.3. The van der Waals surface area contributed by atoms with Gasteiger partial charge in [0, 0.05) is 18.1 Å². The number of nitrogens with zero attached hydrogens (tertiary/aromatic N) is 2. The van der Waals surface area contributed by atoms with Crippen LogP contribution in [0.4, 0.5) is 10.5 Å². The molecule has 4 rings (SSSR count). The van der Waals surface area contributed by atoms with Crippen LogP contribution in [0.15, 0.2) is 54.7 Å². The van der Waals surface area contributed by atoms with Gasteiger partial charge in [0.2, 0.25) is 0 Å². The minimum absolute atomic E-state index is 0.1000. The molecule has 1 atom stereocenters. The van der Waals surface area contributed by atoms with Gasteiger partial charge in [-0.1, -0.05) is 30.3 Å². The quantitative estimate of drug-likeness (QED) is 0.743. The van der Waals surface area contributed by atoms with Crippen molar-refractivity contribution in [2.45, 2.75) is 19.4 Å². The van der Waals surface area contributed by atoms with E-state index in [0.29, 0.717) is 12.2 Å². The normalized spacial score (nSPS) is 16.4. The van der Waals surface area contributed by atoms with E-state index >= 15 is 0 Å². The van der Waals surface area contributed by atoms with Gasteiger partial charge in [0.25, 0.3) is 0 Å². The average Bonchev–Trinajstić information content (AvgIpc) is 2.66. The Labute approximate surface area is 152 Å². The van der Waals surface area contributed by atoms with Crippen LogP contribution in [0.3, 0.4) is 0 Å². The van der Waals surface area contributed by atoms with E-state index in [0.717, 1.165) is 28.5 Å². The number of carbonyl (C=O) groups is 1. The second kappa shape index (κ2) is 6.77. The molecule has 0 aliphatic carbocycles. The molecule has 5 nitrogen and oxygen atoms in total. The first-order valence-corrected chi connectivity index (χ1v) is 8.79. The van der Waals surface area contributed by atoms with E-state index in [2.05, 4.69) is 16.4 Å². The molecule has 0 fully saturated rings. The van der Waals surface area contributed by atoms with Gasteiger partial charge in [0.05, 0.1) is 23.9 Å². The highest BCUT2D eigenvalue weighted by atomic mass is 16.3. The molecule has 0 bridgehead atoms. The van der Waals surface area contributed by atoms with Gasteiger partial charge in [-0.15, -0.1) is 0 Å². The molecule has 2 heterocycles. The maximum atomic E-state index is 13.0. The number of rotatable bonds is 2. The molecule has 1 aromatic heterocycles. The predicted molar refractivity (Wildman–Crippen MR) is 102 cm³/mol. The first-order chi connectivity index (χ1) is 12.7. The van der Waals surface area contributed by atoms with Crippen molar-refractivity contribution >= 4 is 22.6 Å². The second-order valence-corrected chi connectivity index (χ2v) is 6.66. The maximum Gasteiger partial charge on any atom is 0.322 e. The minimum Gasteiger partial charge on any atom is -0.394 e. The zero-order valence-corrected chi connectivity index (χ0v) is 14.6. The molecule has 0 radical (unpaired) electrons. The van der Waals surface area contributed by atoms with Crippen molar-refractivity contribution in [3.63, 3.8) is 0 Å². The monoisotopic (exact) mass is 347 g/mol. The minimum atomic E-state index is -0.330. The number of fused-ring (bicyclic) bond motifs is 2. The van der Waals surface area contributed by atoms with Crippen molar-refractivity contribution in [1.29, 1.82) is 0 Å². The Hall–Kier alpha value is -2.92. The van der Waals surface area contributed by atoms with Crippen molar-refractivity contribution in [3.8, 4) is 0 Å². The molecule has 2 N–H and O–H groups in total. The third-order valence-corrected chi connectivity index (χ3v) is 4.94. The van der Waals surface area contributed by atoms with E-state index in [1.54, 1.807) is 11.1 Å². The van der Waals surface area contributed by atoms with Crippen molar-refractivity contribution in [1.82, 2.24) is 9.88 Å². The number of carbonyl (C=O) groups excluding carboxylic acids is 1. The summed E-state index contributed by atoms with van der Waals surface area (Å²) < 4.78 is 0. The molecule has 132 valence electrons. The Bertz CT molecular complexity index is 970. The lowest BCUT2D eigenvalue weighted by Gasteiger charge is -2.36. The van der Waals surface area contributed by atoms with E-state index in [4.69, 9.17) is 0 Å². The number of aryl methyl sites for hydroxylation is 1. The summed E-state index contributed by atoms with van der Waals surface area (Å²) in [6.07, 6.45) is 2.51. The van der Waals surface area contributed by atoms with Gasteiger partial charge in [-0.25, -0.2) is 4.79 Å². The molecule has 0 saturated heterocycles. The van der Waals surface area contributed by atoms with Gasteiger partial charge in [0.15, 0.2) is 0 Å². The third kappa shape index (κ3) is 2.91. The Morgan fingerprint density at radius 1 is 1.27 bits per heavy atom. The van der Waals surface area contributed by atoms with Gasteiger partial charge in [-0.05, 0) is 48.2 Å². The van der Waals surface area contributed by atoms with Crippen LogP contribution < -0.4 is 5.32 Å². The van der Waals surface area contributed by atoms with E-state index in [1.807, 2.05) is 49.4 Å². The third-order valence-electron chi connectivity index (χ3n) is 4.94. The van der Waals surface area contributed by atoms with Crippen molar-refractivity contribution < 1.29 is 9.90 Å². The molecule has 1 unspecified atom stereocenters. The number of aliphatic hydroxyl groups is 1. The van der Waals surface area contributed by atoms with Crippen LogP contribution in [-0.4, -0.2) is 34.2 Å². The molecular formula is C21H21N3O2. The zero-order valence-electron chi connectivity index (χ0n) is 14.6. The number of nitrogens with one attached hydrogen (secondary N) is 1. The lowest BCUT2D eigenvalue weighted by Crippen LogP contribution is -2.43. The number of aliphatic hydroxyl groups excluding tert-OH is 1. The lowest BCUT2D eigenvalue weighted by atomic mass is 9.93. The van der Waals surface area contributed by atoms with Gasteiger partial charge >= 0.3 is 6.03 Å². The fourth-order valence-electron chi connectivity index (χ4n) is 3.72. The topological polar surface area (TPSA) is 65.5 Å². The number of amides is 2. The van der Waals surface area contributed by atoms with Crippen LogP contribution in [0.1, 0.15) is 22.7 Å². The van der Waals surface area contributed by atoms with E-state index in [-0.39, 0.29) is 18.7 Å². The number of urea groups is 1. The van der Waals surface area contributed by atoms with E-state index in [9.17, 15) is 9.90 Å². The number of hydrogen-bond donors (Lipinski definition) is 2. The van der Waals surface area contributed by atoms with Crippen molar-refractivity contribution in [2.24, 2.45) is 0 Å². The summed E-state index contributed by atoms with van der Waals surface area (Å²) in [7, 11) is 0. The lowest BCUT2D eigenvalue weighted by molar-refractivity contribution is 0.135. The molecule has 5 heteroatoms. The van der Waals surface area contributed by atoms with Crippen molar-refractivity contribution in [3.05, 3.63) is 71.4 Å². The molecule has 26 heavy (non-hydrogen) atoms. The van der Waals surface area contributed by atoms with Gasteiger partial charge in [0.1, 0.15) is 0 Å². The predicted octanol–water partition coefficient (Wildman–Crippen LogP) is 3.67. The smallest absolute Gasteiger partial charge is 0.322 e. The molecule has 3 aromatic rings. The molecule has 2 aromatic carbocycles. The van der Waals surface area contributed by atoms with E-state index in [1.165, 1.54) is 5.56 Å². The molecular weight excluding hydrogens is 326 g/mol. The molecule has 2 amide bonds. The van der Waals surface area contributed by atoms with Crippen LogP contribution in [0, 0.1) is 6.92 Å². The summed E-state index contributed by atoms with van der Waals surface area (Å²) in [6.45, 7) is 2.47. The summed E-state index contributed by atoms with van der Waals surface area (Å²) in [4.78, 5) is 19.1. The molecule has 0 spiro atoms. The maximum absolute atomic E-state index is 13.0. The zero-order chi connectivity index (χ0) is 18.1. The largest absolute Gasteiger partial charge is 0.394 e. The Balaban J connectivity index is 1.65. The van der Waals surface area contributed by atoms with Crippen LogP contribution in [0.25, 0.3) is 10.9 Å². The number of hydrogen-bond acceptors (Lipinski definition) is 3. The number of aromatic nitrogens is 1. The van der Waals surface area contributed by atoms with Crippen LogP contribution in [0.2, 0.25) is 0 Å². The standard InChI is InChI=1S/C21H21N3O2/c1-14-11-16-6-4-9-22-20(16)18(12-14)23-21(26)24-10-8-15-5-2-3-7-17(15)19(24)13-25/h2-7,9,11-12,19,25H,8,10,13H2,1H3,(H,23,26). The fourth-order valence-corrected chi connectivity index (χ4v) is 3.72. The van der Waals surface area contributed by atoms with Gasteiger partial charge in [-0.2, -0.15) is 0 Å². The first-order valence-electron chi connectivity index (χ1n) is 8.79. The van der Waals surface area contributed by atoms with Crippen LogP contribution >= 0.6 is 0 Å². The highest BCUT2D eigenvalue weighted by molar-refractivity contribution is 6.00. The highest BCUT2D eigenvalue weighted by Gasteiger charge is 2.30. The fraction of sp³-hybridized carbons (Fsp3) is 0.238. The first kappa shape index (κ1) is 16.5. The highest BCUT2D eigenvalue weighted by Crippen LogP contribution is 2.30. The Morgan fingerprint density at radius 2 is 2.12 bits per heavy atom. The number of benzene rings is 2. The van der Waals surface area contributed by atoms with Crippen LogP contribution in [0.5, 0.6) is 0 Å². The summed E-state index contributed by atoms with van der Waals surface area (Å²) in [5.41, 5.74) is 4.73. The average molecular weight is 347 g/mol. The summed E-state index contributed by atoms with van der Waals surface area (Å²) in [5, 5.41) is 13.9. The van der Waals surface area contributed by atoms with Gasteiger partial charge < -0.3 is 15.3 Å².